The zero-order valence-electron chi connectivity index (χ0n) is 10.2. The molecule has 1 unspecified atom stereocenters. The van der Waals surface area contributed by atoms with E-state index >= 15 is 0 Å². The highest BCUT2D eigenvalue weighted by Gasteiger charge is 2.39. The molecular formula is C15H18O. The van der Waals surface area contributed by atoms with Gasteiger partial charge >= 0.3 is 0 Å². The van der Waals surface area contributed by atoms with Gasteiger partial charge in [0.2, 0.25) is 0 Å². The number of hydrogen-bond donors (Lipinski definition) is 0. The minimum absolute atomic E-state index is 0.000653. The Balaban J connectivity index is 2.14. The minimum Gasteiger partial charge on any atom is -0.374 e. The number of hydrogen-bond acceptors (Lipinski definition) is 1. The molecule has 1 aliphatic heterocycles. The molecule has 1 fully saturated rings. The summed E-state index contributed by atoms with van der Waals surface area (Å²) < 4.78 is 5.74. The topological polar surface area (TPSA) is 9.23 Å². The molecule has 0 bridgehead atoms. The van der Waals surface area contributed by atoms with E-state index in [1.54, 1.807) is 0 Å². The zero-order chi connectivity index (χ0) is 11.6. The lowest BCUT2D eigenvalue weighted by Gasteiger charge is -2.17. The molecular weight excluding hydrogens is 196 g/mol. The van der Waals surface area contributed by atoms with Gasteiger partial charge in [0, 0.05) is 5.56 Å². The third-order valence-corrected chi connectivity index (χ3v) is 2.88. The van der Waals surface area contributed by atoms with E-state index in [-0.39, 0.29) is 11.0 Å². The van der Waals surface area contributed by atoms with Crippen LogP contribution in [0.1, 0.15) is 32.8 Å². The Hall–Kier alpha value is -1.26. The molecule has 2 rings (SSSR count). The lowest BCUT2D eigenvalue weighted by Crippen LogP contribution is -2.19. The summed E-state index contributed by atoms with van der Waals surface area (Å²) in [5, 5.41) is 0. The van der Waals surface area contributed by atoms with Gasteiger partial charge in [-0.1, -0.05) is 30.0 Å². The highest BCUT2D eigenvalue weighted by atomic mass is 16.5. The standard InChI is InChI=1S/C15H18O/c1-14(2)11-15(3,12-16-14)10-9-13-7-5-4-6-8-13/h4-8H,11-12H2,1-3H3. The van der Waals surface area contributed by atoms with E-state index in [2.05, 4.69) is 32.6 Å². The third-order valence-electron chi connectivity index (χ3n) is 2.88. The van der Waals surface area contributed by atoms with E-state index in [4.69, 9.17) is 4.74 Å². The van der Waals surface area contributed by atoms with Gasteiger partial charge in [-0.3, -0.25) is 0 Å². The molecule has 1 saturated heterocycles. The SMILES string of the molecule is CC1(C#Cc2ccccc2)COC(C)(C)C1. The molecule has 84 valence electrons. The van der Waals surface area contributed by atoms with Gasteiger partial charge in [-0.05, 0) is 39.3 Å². The van der Waals surface area contributed by atoms with Crippen molar-refractivity contribution in [2.75, 3.05) is 6.61 Å². The minimum atomic E-state index is -0.0277. The summed E-state index contributed by atoms with van der Waals surface area (Å²) in [5.41, 5.74) is 1.05. The normalized spacial score (nSPS) is 27.2. The average Bonchev–Trinajstić information content (AvgIpc) is 2.53. The fraction of sp³-hybridized carbons (Fsp3) is 0.467. The molecule has 1 nitrogen and oxygen atoms in total. The van der Waals surface area contributed by atoms with Crippen molar-refractivity contribution < 1.29 is 4.74 Å². The van der Waals surface area contributed by atoms with E-state index < -0.39 is 0 Å². The fourth-order valence-corrected chi connectivity index (χ4v) is 2.22. The smallest absolute Gasteiger partial charge is 0.0642 e. The lowest BCUT2D eigenvalue weighted by atomic mass is 9.84. The van der Waals surface area contributed by atoms with Crippen LogP contribution in [0.25, 0.3) is 0 Å². The van der Waals surface area contributed by atoms with Crippen molar-refractivity contribution in [1.82, 2.24) is 0 Å². The largest absolute Gasteiger partial charge is 0.374 e. The lowest BCUT2D eigenvalue weighted by molar-refractivity contribution is 0.0338. The summed E-state index contributed by atoms with van der Waals surface area (Å²) in [6, 6.07) is 10.1. The molecule has 0 N–H and O–H groups in total. The van der Waals surface area contributed by atoms with Gasteiger partial charge in [-0.2, -0.15) is 0 Å². The predicted molar refractivity (Wildman–Crippen MR) is 66.1 cm³/mol. The van der Waals surface area contributed by atoms with Crippen molar-refractivity contribution in [2.24, 2.45) is 5.41 Å². The molecule has 1 atom stereocenters. The maximum atomic E-state index is 5.74. The van der Waals surface area contributed by atoms with Gasteiger partial charge in [0.25, 0.3) is 0 Å². The first-order valence-electron chi connectivity index (χ1n) is 5.71. The van der Waals surface area contributed by atoms with Gasteiger partial charge in [-0.25, -0.2) is 0 Å². The third kappa shape index (κ3) is 2.65. The van der Waals surface area contributed by atoms with E-state index in [0.29, 0.717) is 0 Å². The molecule has 1 heterocycles. The number of benzene rings is 1. The molecule has 0 amide bonds. The van der Waals surface area contributed by atoms with E-state index in [9.17, 15) is 0 Å². The van der Waals surface area contributed by atoms with Crippen LogP contribution in [0.3, 0.4) is 0 Å². The monoisotopic (exact) mass is 214 g/mol. The van der Waals surface area contributed by atoms with Gasteiger partial charge in [-0.15, -0.1) is 0 Å². The highest BCUT2D eigenvalue weighted by molar-refractivity contribution is 5.35. The van der Waals surface area contributed by atoms with Crippen LogP contribution < -0.4 is 0 Å². The Bertz CT molecular complexity index is 422. The second-order valence-electron chi connectivity index (χ2n) is 5.40. The molecule has 0 saturated carbocycles. The van der Waals surface area contributed by atoms with Crippen molar-refractivity contribution >= 4 is 0 Å². The van der Waals surface area contributed by atoms with Crippen molar-refractivity contribution in [3.63, 3.8) is 0 Å². The van der Waals surface area contributed by atoms with E-state index in [1.165, 1.54) is 0 Å². The van der Waals surface area contributed by atoms with Crippen molar-refractivity contribution in [3.8, 4) is 11.8 Å². The summed E-state index contributed by atoms with van der Waals surface area (Å²) in [4.78, 5) is 0. The van der Waals surface area contributed by atoms with Crippen molar-refractivity contribution in [2.45, 2.75) is 32.8 Å². The summed E-state index contributed by atoms with van der Waals surface area (Å²) in [5.74, 6) is 6.59. The molecule has 0 aromatic heterocycles. The Labute approximate surface area is 97.8 Å². The molecule has 1 aromatic carbocycles. The van der Waals surface area contributed by atoms with Gasteiger partial charge in [0.05, 0.1) is 17.6 Å². The summed E-state index contributed by atoms with van der Waals surface area (Å²) in [7, 11) is 0. The zero-order valence-corrected chi connectivity index (χ0v) is 10.2. The Morgan fingerprint density at radius 3 is 2.38 bits per heavy atom. The Morgan fingerprint density at radius 2 is 1.81 bits per heavy atom. The molecule has 0 aliphatic carbocycles. The summed E-state index contributed by atoms with van der Waals surface area (Å²) >= 11 is 0. The molecule has 0 radical (unpaired) electrons. The second kappa shape index (κ2) is 3.96. The van der Waals surface area contributed by atoms with Crippen LogP contribution >= 0.6 is 0 Å². The van der Waals surface area contributed by atoms with Crippen LogP contribution in [-0.4, -0.2) is 12.2 Å². The summed E-state index contributed by atoms with van der Waals surface area (Å²) in [6.07, 6.45) is 1.000. The van der Waals surface area contributed by atoms with E-state index in [0.717, 1.165) is 18.6 Å². The molecule has 1 heteroatoms. The van der Waals surface area contributed by atoms with E-state index in [1.807, 2.05) is 30.3 Å². The van der Waals surface area contributed by atoms with Crippen LogP contribution in [0.4, 0.5) is 0 Å². The van der Waals surface area contributed by atoms with Gasteiger partial charge < -0.3 is 4.74 Å². The van der Waals surface area contributed by atoms with Gasteiger partial charge in [0.1, 0.15) is 0 Å². The first kappa shape index (κ1) is 11.2. The average molecular weight is 214 g/mol. The fourth-order valence-electron chi connectivity index (χ4n) is 2.22. The quantitative estimate of drug-likeness (QED) is 0.602. The molecule has 1 aromatic rings. The molecule has 0 spiro atoms. The first-order chi connectivity index (χ1) is 7.49. The van der Waals surface area contributed by atoms with Gasteiger partial charge in [0.15, 0.2) is 0 Å². The van der Waals surface area contributed by atoms with Crippen LogP contribution in [-0.2, 0) is 4.74 Å². The predicted octanol–water partition coefficient (Wildman–Crippen LogP) is 3.24. The highest BCUT2D eigenvalue weighted by Crippen LogP contribution is 2.38. The molecule has 16 heavy (non-hydrogen) atoms. The maximum Gasteiger partial charge on any atom is 0.0642 e. The van der Waals surface area contributed by atoms with Crippen LogP contribution in [0.2, 0.25) is 0 Å². The maximum absolute atomic E-state index is 5.74. The van der Waals surface area contributed by atoms with Crippen LogP contribution in [0, 0.1) is 17.3 Å². The molecule has 1 aliphatic rings. The Kier molecular flexibility index (Phi) is 2.78. The number of ether oxygens (including phenoxy) is 1. The second-order valence-corrected chi connectivity index (χ2v) is 5.40. The Morgan fingerprint density at radius 1 is 1.12 bits per heavy atom. The van der Waals surface area contributed by atoms with Crippen molar-refractivity contribution in [1.29, 1.82) is 0 Å². The first-order valence-corrected chi connectivity index (χ1v) is 5.71. The summed E-state index contributed by atoms with van der Waals surface area (Å²) in [6.45, 7) is 7.17. The van der Waals surface area contributed by atoms with Crippen LogP contribution in [0.5, 0.6) is 0 Å². The van der Waals surface area contributed by atoms with Crippen molar-refractivity contribution in [3.05, 3.63) is 35.9 Å². The van der Waals surface area contributed by atoms with Crippen LogP contribution in [0.15, 0.2) is 30.3 Å². The number of rotatable bonds is 0.